The number of pyridine rings is 2. The zero-order chi connectivity index (χ0) is 13.9. The minimum absolute atomic E-state index is 0.111. The maximum absolute atomic E-state index is 12.0. The molecule has 2 heterocycles. The average Bonchev–Trinajstić information content (AvgIpc) is 2.41. The lowest BCUT2D eigenvalue weighted by molar-refractivity contribution is 0.475. The van der Waals surface area contributed by atoms with E-state index in [1.54, 1.807) is 6.07 Å². The highest BCUT2D eigenvalue weighted by atomic mass is 32.2. The van der Waals surface area contributed by atoms with Crippen molar-refractivity contribution in [2.24, 2.45) is 0 Å². The van der Waals surface area contributed by atoms with Crippen LogP contribution in [-0.2, 0) is 10.0 Å². The first-order chi connectivity index (χ1) is 9.03. The van der Waals surface area contributed by atoms with Gasteiger partial charge in [-0.3, -0.25) is 4.72 Å². The third-order valence-corrected chi connectivity index (χ3v) is 3.50. The molecule has 0 aliphatic rings. The van der Waals surface area contributed by atoms with E-state index in [0.29, 0.717) is 0 Å². The molecule has 0 aromatic carbocycles. The molecule has 2 aromatic heterocycles. The highest BCUT2D eigenvalue weighted by Gasteiger charge is 2.17. The number of sulfonamides is 1. The summed E-state index contributed by atoms with van der Waals surface area (Å²) >= 11 is 0. The highest BCUT2D eigenvalue weighted by Crippen LogP contribution is 2.21. The van der Waals surface area contributed by atoms with E-state index in [0.717, 1.165) is 6.20 Å². The molecule has 19 heavy (non-hydrogen) atoms. The van der Waals surface area contributed by atoms with Crippen molar-refractivity contribution in [2.45, 2.75) is 4.90 Å². The molecule has 2 N–H and O–H groups in total. The smallest absolute Gasteiger partial charge is 0.264 e. The van der Waals surface area contributed by atoms with Gasteiger partial charge in [-0.05, 0) is 24.3 Å². The van der Waals surface area contributed by atoms with Gasteiger partial charge in [0.15, 0.2) is 11.6 Å². The van der Waals surface area contributed by atoms with Crippen LogP contribution in [0.1, 0.15) is 5.69 Å². The Morgan fingerprint density at radius 1 is 1.26 bits per heavy atom. The summed E-state index contributed by atoms with van der Waals surface area (Å²) in [6, 6.07) is 7.09. The number of hydrogen-bond donors (Lipinski definition) is 2. The van der Waals surface area contributed by atoms with E-state index < -0.39 is 10.0 Å². The molecule has 0 unspecified atom stereocenters. The van der Waals surface area contributed by atoms with Gasteiger partial charge in [-0.25, -0.2) is 18.4 Å². The van der Waals surface area contributed by atoms with Crippen molar-refractivity contribution in [1.82, 2.24) is 9.97 Å². The summed E-state index contributed by atoms with van der Waals surface area (Å²) in [5.74, 6) is -0.459. The minimum atomic E-state index is -3.91. The number of rotatable bonds is 3. The van der Waals surface area contributed by atoms with Crippen LogP contribution < -0.4 is 4.72 Å². The van der Waals surface area contributed by atoms with Gasteiger partial charge in [0.1, 0.15) is 16.7 Å². The van der Waals surface area contributed by atoms with Crippen molar-refractivity contribution < 1.29 is 13.5 Å². The maximum Gasteiger partial charge on any atom is 0.264 e. The number of hydrogen-bond acceptors (Lipinski definition) is 6. The average molecular weight is 276 g/mol. The van der Waals surface area contributed by atoms with Gasteiger partial charge in [0.25, 0.3) is 10.0 Å². The normalized spacial score (nSPS) is 10.7. The monoisotopic (exact) mass is 276 g/mol. The predicted octanol–water partition coefficient (Wildman–Crippen LogP) is 0.855. The Hall–Kier alpha value is -2.66. The van der Waals surface area contributed by atoms with E-state index in [1.165, 1.54) is 30.5 Å². The Kier molecular flexibility index (Phi) is 3.31. The lowest BCUT2D eigenvalue weighted by atomic mass is 10.4. The molecule has 0 aliphatic carbocycles. The Bertz CT molecular complexity index is 735. The summed E-state index contributed by atoms with van der Waals surface area (Å²) in [6.07, 6.45) is 2.40. The molecule has 0 saturated heterocycles. The van der Waals surface area contributed by atoms with Gasteiger partial charge in [-0.2, -0.15) is 5.26 Å². The van der Waals surface area contributed by atoms with Crippen LogP contribution >= 0.6 is 0 Å². The van der Waals surface area contributed by atoms with Crippen LogP contribution in [0, 0.1) is 11.3 Å². The molecule has 2 rings (SSSR count). The van der Waals surface area contributed by atoms with E-state index >= 15 is 0 Å². The van der Waals surface area contributed by atoms with Crippen LogP contribution in [-0.4, -0.2) is 23.5 Å². The first-order valence-electron chi connectivity index (χ1n) is 5.06. The second-order valence-corrected chi connectivity index (χ2v) is 5.15. The topological polar surface area (TPSA) is 116 Å². The zero-order valence-corrected chi connectivity index (χ0v) is 10.3. The van der Waals surface area contributed by atoms with E-state index in [-0.39, 0.29) is 22.2 Å². The van der Waals surface area contributed by atoms with Crippen LogP contribution in [0.5, 0.6) is 5.75 Å². The summed E-state index contributed by atoms with van der Waals surface area (Å²) in [5, 5.41) is 18.0. The summed E-state index contributed by atoms with van der Waals surface area (Å²) in [7, 11) is -3.91. The molecule has 0 amide bonds. The van der Waals surface area contributed by atoms with Crippen molar-refractivity contribution >= 4 is 15.8 Å². The Morgan fingerprint density at radius 2 is 2.05 bits per heavy atom. The predicted molar refractivity (Wildman–Crippen MR) is 65.7 cm³/mol. The second-order valence-electron chi connectivity index (χ2n) is 3.47. The van der Waals surface area contributed by atoms with Crippen molar-refractivity contribution in [3.05, 3.63) is 42.4 Å². The van der Waals surface area contributed by atoms with E-state index in [2.05, 4.69) is 14.7 Å². The first-order valence-corrected chi connectivity index (χ1v) is 6.54. The third kappa shape index (κ3) is 2.78. The number of nitrogens with zero attached hydrogens (tertiary/aromatic N) is 3. The van der Waals surface area contributed by atoms with Crippen LogP contribution in [0.3, 0.4) is 0 Å². The van der Waals surface area contributed by atoms with Crippen molar-refractivity contribution in [3.63, 3.8) is 0 Å². The molecule has 0 atom stereocenters. The third-order valence-electron chi connectivity index (χ3n) is 2.18. The number of aromatic hydroxyl groups is 1. The van der Waals surface area contributed by atoms with Gasteiger partial charge in [0.05, 0.1) is 0 Å². The zero-order valence-electron chi connectivity index (χ0n) is 9.48. The van der Waals surface area contributed by atoms with Crippen molar-refractivity contribution in [3.8, 4) is 11.8 Å². The van der Waals surface area contributed by atoms with Crippen LogP contribution in [0.25, 0.3) is 0 Å². The second kappa shape index (κ2) is 4.91. The highest BCUT2D eigenvalue weighted by molar-refractivity contribution is 7.92. The molecule has 0 spiro atoms. The van der Waals surface area contributed by atoms with Gasteiger partial charge in [-0.1, -0.05) is 0 Å². The lowest BCUT2D eigenvalue weighted by Gasteiger charge is -2.07. The molecule has 0 radical (unpaired) electrons. The molecule has 0 fully saturated rings. The van der Waals surface area contributed by atoms with Gasteiger partial charge in [0, 0.05) is 12.4 Å². The van der Waals surface area contributed by atoms with Gasteiger partial charge >= 0.3 is 0 Å². The summed E-state index contributed by atoms with van der Waals surface area (Å²) in [6.45, 7) is 0. The summed E-state index contributed by atoms with van der Waals surface area (Å²) in [5.41, 5.74) is 0.111. The fourth-order valence-corrected chi connectivity index (χ4v) is 2.24. The molecular weight excluding hydrogens is 268 g/mol. The quantitative estimate of drug-likeness (QED) is 0.858. The van der Waals surface area contributed by atoms with E-state index in [9.17, 15) is 13.5 Å². The van der Waals surface area contributed by atoms with Crippen LogP contribution in [0.15, 0.2) is 41.6 Å². The van der Waals surface area contributed by atoms with Gasteiger partial charge in [-0.15, -0.1) is 0 Å². The largest absolute Gasteiger partial charge is 0.504 e. The fourth-order valence-electron chi connectivity index (χ4n) is 1.27. The molecule has 8 heteroatoms. The molecule has 7 nitrogen and oxygen atoms in total. The molecule has 0 aliphatic heterocycles. The molecule has 0 bridgehead atoms. The standard InChI is InChI=1S/C11H8N4O3S/c12-6-8-3-4-9(7-14-8)19(17,18)15-11-10(16)2-1-5-13-11/h1-5,7,16H,(H,13,15). The summed E-state index contributed by atoms with van der Waals surface area (Å²) in [4.78, 5) is 7.25. The lowest BCUT2D eigenvalue weighted by Crippen LogP contribution is -2.14. The number of nitrogens with one attached hydrogen (secondary N) is 1. The van der Waals surface area contributed by atoms with Crippen molar-refractivity contribution in [2.75, 3.05) is 4.72 Å². The SMILES string of the molecule is N#Cc1ccc(S(=O)(=O)Nc2ncccc2O)cn1. The molecular formula is C11H8N4O3S. The van der Waals surface area contributed by atoms with Crippen LogP contribution in [0.4, 0.5) is 5.82 Å². The number of aromatic nitrogens is 2. The Labute approximate surface area is 109 Å². The Balaban J connectivity index is 2.33. The first kappa shape index (κ1) is 12.8. The van der Waals surface area contributed by atoms with Crippen LogP contribution in [0.2, 0.25) is 0 Å². The fraction of sp³-hybridized carbons (Fsp3) is 0. The molecule has 2 aromatic rings. The minimum Gasteiger partial charge on any atom is -0.504 e. The van der Waals surface area contributed by atoms with Crippen molar-refractivity contribution in [1.29, 1.82) is 5.26 Å². The number of anilines is 1. The summed E-state index contributed by atoms with van der Waals surface area (Å²) < 4.78 is 26.1. The molecule has 0 saturated carbocycles. The van der Waals surface area contributed by atoms with E-state index in [1.807, 2.05) is 0 Å². The molecule has 96 valence electrons. The maximum atomic E-state index is 12.0. The van der Waals surface area contributed by atoms with Gasteiger partial charge in [0.2, 0.25) is 0 Å². The Morgan fingerprint density at radius 3 is 2.63 bits per heavy atom. The van der Waals surface area contributed by atoms with E-state index in [4.69, 9.17) is 5.26 Å². The number of nitriles is 1. The van der Waals surface area contributed by atoms with Gasteiger partial charge < -0.3 is 5.11 Å².